The molecule has 0 aliphatic carbocycles. The van der Waals surface area contributed by atoms with Gasteiger partial charge in [0, 0.05) is 18.0 Å². The number of benzene rings is 3. The van der Waals surface area contributed by atoms with Crippen molar-refractivity contribution in [3.63, 3.8) is 0 Å². The highest BCUT2D eigenvalue weighted by Crippen LogP contribution is 2.28. The molecule has 1 aromatic heterocycles. The van der Waals surface area contributed by atoms with Crippen LogP contribution in [0.4, 0.5) is 0 Å². The molecule has 0 bridgehead atoms. The first kappa shape index (κ1) is 14.9. The summed E-state index contributed by atoms with van der Waals surface area (Å²) >= 11 is 0. The summed E-state index contributed by atoms with van der Waals surface area (Å²) in [4.78, 5) is 2.39. The van der Waals surface area contributed by atoms with E-state index >= 15 is 0 Å². The molecule has 0 amide bonds. The first-order valence-electron chi connectivity index (χ1n) is 8.32. The molecule has 1 N–H and O–H groups in total. The number of fused-ring (bicyclic) bond motifs is 2. The molecular weight excluding hydrogens is 294 g/mol. The van der Waals surface area contributed by atoms with Gasteiger partial charge in [-0.05, 0) is 48.0 Å². The third-order valence-electron chi connectivity index (χ3n) is 4.87. The molecule has 4 aromatic rings. The van der Waals surface area contributed by atoms with Crippen molar-refractivity contribution in [1.82, 2.24) is 15.1 Å². The molecule has 24 heavy (non-hydrogen) atoms. The second-order valence-corrected chi connectivity index (χ2v) is 6.45. The maximum atomic E-state index is 4.10. The summed E-state index contributed by atoms with van der Waals surface area (Å²) in [5.74, 6) is 0. The van der Waals surface area contributed by atoms with Gasteiger partial charge in [0.15, 0.2) is 0 Å². The number of hydrogen-bond donors (Lipinski definition) is 1. The second-order valence-electron chi connectivity index (χ2n) is 6.45. The largest absolute Gasteiger partial charge is 0.295 e. The van der Waals surface area contributed by atoms with Gasteiger partial charge in [0.2, 0.25) is 0 Å². The van der Waals surface area contributed by atoms with Crippen LogP contribution in [0.25, 0.3) is 21.7 Å². The molecule has 3 heteroatoms. The van der Waals surface area contributed by atoms with Gasteiger partial charge in [-0.1, -0.05) is 48.5 Å². The van der Waals surface area contributed by atoms with Crippen LogP contribution in [0.2, 0.25) is 0 Å². The number of aromatic nitrogens is 2. The molecular formula is C21H21N3. The van der Waals surface area contributed by atoms with Crippen molar-refractivity contribution in [2.75, 3.05) is 7.05 Å². The molecule has 0 aliphatic heterocycles. The third-order valence-corrected chi connectivity index (χ3v) is 4.87. The van der Waals surface area contributed by atoms with E-state index in [1.165, 1.54) is 27.3 Å². The fourth-order valence-electron chi connectivity index (χ4n) is 3.37. The SMILES string of the molecule is C[C@H](c1cccc2ccccc12)N(C)Cc1ccc2[nH]ncc2c1. The van der Waals surface area contributed by atoms with E-state index in [0.29, 0.717) is 6.04 Å². The normalized spacial score (nSPS) is 13.0. The first-order chi connectivity index (χ1) is 11.7. The van der Waals surface area contributed by atoms with E-state index in [0.717, 1.165) is 12.1 Å². The topological polar surface area (TPSA) is 31.9 Å². The van der Waals surface area contributed by atoms with Crippen LogP contribution in [0.5, 0.6) is 0 Å². The van der Waals surface area contributed by atoms with Gasteiger partial charge in [-0.15, -0.1) is 0 Å². The number of nitrogens with one attached hydrogen (secondary N) is 1. The van der Waals surface area contributed by atoms with Gasteiger partial charge in [0.25, 0.3) is 0 Å². The van der Waals surface area contributed by atoms with E-state index in [1.54, 1.807) is 0 Å². The van der Waals surface area contributed by atoms with Gasteiger partial charge >= 0.3 is 0 Å². The molecule has 0 unspecified atom stereocenters. The Morgan fingerprint density at radius 1 is 1.00 bits per heavy atom. The first-order valence-corrected chi connectivity index (χ1v) is 8.32. The van der Waals surface area contributed by atoms with Crippen molar-refractivity contribution in [3.05, 3.63) is 78.0 Å². The molecule has 1 heterocycles. The Hall–Kier alpha value is -2.65. The van der Waals surface area contributed by atoms with Crippen molar-refractivity contribution in [1.29, 1.82) is 0 Å². The summed E-state index contributed by atoms with van der Waals surface area (Å²) < 4.78 is 0. The van der Waals surface area contributed by atoms with Crippen LogP contribution >= 0.6 is 0 Å². The highest BCUT2D eigenvalue weighted by molar-refractivity contribution is 5.86. The molecule has 4 rings (SSSR count). The molecule has 0 saturated carbocycles. The summed E-state index contributed by atoms with van der Waals surface area (Å²) in [6.07, 6.45) is 1.88. The van der Waals surface area contributed by atoms with Gasteiger partial charge < -0.3 is 0 Å². The predicted octanol–water partition coefficient (Wildman–Crippen LogP) is 4.91. The van der Waals surface area contributed by atoms with Gasteiger partial charge in [-0.2, -0.15) is 5.10 Å². The number of rotatable bonds is 4. The smallest absolute Gasteiger partial charge is 0.0650 e. The van der Waals surface area contributed by atoms with Gasteiger partial charge in [-0.25, -0.2) is 0 Å². The minimum atomic E-state index is 0.344. The monoisotopic (exact) mass is 315 g/mol. The van der Waals surface area contributed by atoms with Crippen LogP contribution in [0, 0.1) is 0 Å². The number of hydrogen-bond acceptors (Lipinski definition) is 2. The van der Waals surface area contributed by atoms with E-state index in [9.17, 15) is 0 Å². The maximum absolute atomic E-state index is 4.10. The minimum absolute atomic E-state index is 0.344. The van der Waals surface area contributed by atoms with Crippen LogP contribution in [0.3, 0.4) is 0 Å². The summed E-state index contributed by atoms with van der Waals surface area (Å²) in [6.45, 7) is 3.18. The summed E-state index contributed by atoms with van der Waals surface area (Å²) in [5.41, 5.74) is 3.77. The van der Waals surface area contributed by atoms with Crippen molar-refractivity contribution in [2.24, 2.45) is 0 Å². The maximum Gasteiger partial charge on any atom is 0.0650 e. The van der Waals surface area contributed by atoms with Crippen LogP contribution in [0.15, 0.2) is 66.9 Å². The fourth-order valence-corrected chi connectivity index (χ4v) is 3.37. The lowest BCUT2D eigenvalue weighted by molar-refractivity contribution is 0.254. The summed E-state index contributed by atoms with van der Waals surface area (Å²) in [5, 5.41) is 10.9. The standard InChI is InChI=1S/C21H21N3/c1-15(19-9-5-7-17-6-3-4-8-20(17)19)24(2)14-16-10-11-21-18(12-16)13-22-23-21/h3-13,15H,14H2,1-2H3,(H,22,23)/t15-/m1/s1. The zero-order valence-corrected chi connectivity index (χ0v) is 14.0. The minimum Gasteiger partial charge on any atom is -0.295 e. The van der Waals surface area contributed by atoms with Crippen LogP contribution in [-0.4, -0.2) is 22.1 Å². The molecule has 0 fully saturated rings. The predicted molar refractivity (Wildman–Crippen MR) is 99.9 cm³/mol. The van der Waals surface area contributed by atoms with Crippen molar-refractivity contribution in [3.8, 4) is 0 Å². The van der Waals surface area contributed by atoms with Gasteiger partial charge in [0.05, 0.1) is 11.7 Å². The lowest BCUT2D eigenvalue weighted by Crippen LogP contribution is -2.22. The zero-order valence-electron chi connectivity index (χ0n) is 14.0. The highest BCUT2D eigenvalue weighted by Gasteiger charge is 2.14. The average Bonchev–Trinajstić information content (AvgIpc) is 3.08. The zero-order chi connectivity index (χ0) is 16.5. The van der Waals surface area contributed by atoms with E-state index in [1.807, 2.05) is 6.20 Å². The van der Waals surface area contributed by atoms with Crippen LogP contribution < -0.4 is 0 Å². The molecule has 0 aliphatic rings. The van der Waals surface area contributed by atoms with Crippen LogP contribution in [0.1, 0.15) is 24.1 Å². The molecule has 3 aromatic carbocycles. The summed E-state index contributed by atoms with van der Waals surface area (Å²) in [7, 11) is 2.19. The lowest BCUT2D eigenvalue weighted by atomic mass is 9.98. The Bertz CT molecular complexity index is 981. The molecule has 0 spiro atoms. The third kappa shape index (κ3) is 2.68. The lowest BCUT2D eigenvalue weighted by Gasteiger charge is -2.26. The van der Waals surface area contributed by atoms with E-state index < -0.39 is 0 Å². The Labute approximate surface area is 141 Å². The molecule has 0 saturated heterocycles. The molecule has 120 valence electrons. The molecule has 3 nitrogen and oxygen atoms in total. The van der Waals surface area contributed by atoms with Gasteiger partial charge in [-0.3, -0.25) is 10.00 Å². The van der Waals surface area contributed by atoms with E-state index in [4.69, 9.17) is 0 Å². The van der Waals surface area contributed by atoms with Crippen LogP contribution in [-0.2, 0) is 6.54 Å². The quantitative estimate of drug-likeness (QED) is 0.580. The second kappa shape index (κ2) is 6.10. The summed E-state index contributed by atoms with van der Waals surface area (Å²) in [6, 6.07) is 22.0. The number of H-pyrrole nitrogens is 1. The Morgan fingerprint density at radius 2 is 1.83 bits per heavy atom. The van der Waals surface area contributed by atoms with E-state index in [-0.39, 0.29) is 0 Å². The number of nitrogens with zero attached hydrogens (tertiary/aromatic N) is 2. The van der Waals surface area contributed by atoms with Gasteiger partial charge in [0.1, 0.15) is 0 Å². The van der Waals surface area contributed by atoms with Crippen molar-refractivity contribution >= 4 is 21.7 Å². The Morgan fingerprint density at radius 3 is 2.75 bits per heavy atom. The van der Waals surface area contributed by atoms with E-state index in [2.05, 4.69) is 89.7 Å². The Balaban J connectivity index is 1.62. The molecule has 1 atom stereocenters. The van der Waals surface area contributed by atoms with Crippen molar-refractivity contribution < 1.29 is 0 Å². The fraction of sp³-hybridized carbons (Fsp3) is 0.190. The van der Waals surface area contributed by atoms with Crippen molar-refractivity contribution in [2.45, 2.75) is 19.5 Å². The average molecular weight is 315 g/mol. The number of aromatic amines is 1. The highest BCUT2D eigenvalue weighted by atomic mass is 15.1. The molecule has 0 radical (unpaired) electrons. The Kier molecular flexibility index (Phi) is 3.79.